The summed E-state index contributed by atoms with van der Waals surface area (Å²) in [4.78, 5) is 15.8. The fraction of sp³-hybridized carbons (Fsp3) is 0.300. The van der Waals surface area contributed by atoms with Gasteiger partial charge in [0, 0.05) is 17.8 Å². The van der Waals surface area contributed by atoms with E-state index >= 15 is 0 Å². The number of aromatic nitrogens is 2. The Morgan fingerprint density at radius 2 is 1.72 bits per heavy atom. The smallest absolute Gasteiger partial charge is 0.420 e. The van der Waals surface area contributed by atoms with Gasteiger partial charge in [0.25, 0.3) is 0 Å². The Kier molecular flexibility index (Phi) is 6.04. The van der Waals surface area contributed by atoms with Crippen molar-refractivity contribution in [3.8, 4) is 0 Å². The summed E-state index contributed by atoms with van der Waals surface area (Å²) in [5.74, 6) is -0.767. The zero-order valence-corrected chi connectivity index (χ0v) is 18.0. The van der Waals surface area contributed by atoms with E-state index in [1.807, 2.05) is 0 Å². The van der Waals surface area contributed by atoms with Crippen molar-refractivity contribution in [1.29, 1.82) is 0 Å². The molecule has 2 aromatic heterocycles. The van der Waals surface area contributed by atoms with Crippen LogP contribution in [0.3, 0.4) is 0 Å². The van der Waals surface area contributed by atoms with E-state index in [0.29, 0.717) is 0 Å². The van der Waals surface area contributed by atoms with Crippen LogP contribution in [-0.2, 0) is 14.8 Å². The fourth-order valence-electron chi connectivity index (χ4n) is 2.90. The van der Waals surface area contributed by atoms with E-state index in [9.17, 15) is 30.8 Å². The number of sulfonamides is 1. The zero-order valence-electron chi connectivity index (χ0n) is 17.1. The molecule has 0 spiro atoms. The van der Waals surface area contributed by atoms with Gasteiger partial charge in [0.05, 0.1) is 4.90 Å². The second-order valence-corrected chi connectivity index (χ2v) is 9.54. The largest absolute Gasteiger partial charge is 0.443 e. The number of hydrogen-bond acceptors (Lipinski definition) is 5. The number of carbonyl (C=O) groups excluding carboxylic acids is 1. The Hall–Kier alpha value is -2.99. The second kappa shape index (κ2) is 8.17. The van der Waals surface area contributed by atoms with Gasteiger partial charge in [-0.25, -0.2) is 27.2 Å². The minimum Gasteiger partial charge on any atom is -0.443 e. The summed E-state index contributed by atoms with van der Waals surface area (Å²) in [6, 6.07) is 2.92. The molecule has 0 aliphatic rings. The Morgan fingerprint density at radius 3 is 2.28 bits per heavy atom. The number of alkyl halides is 3. The van der Waals surface area contributed by atoms with Crippen LogP contribution >= 0.6 is 0 Å². The Balaban J connectivity index is 2.03. The summed E-state index contributed by atoms with van der Waals surface area (Å²) < 4.78 is 87.7. The van der Waals surface area contributed by atoms with Crippen LogP contribution in [-0.4, -0.2) is 35.8 Å². The summed E-state index contributed by atoms with van der Waals surface area (Å²) in [5, 5.41) is -0.0779. The maximum absolute atomic E-state index is 13.6. The molecule has 0 radical (unpaired) electrons. The molecule has 0 amide bonds. The van der Waals surface area contributed by atoms with E-state index in [1.54, 1.807) is 25.5 Å². The first kappa shape index (κ1) is 23.7. The number of benzene rings is 1. The maximum Gasteiger partial charge on any atom is 0.420 e. The molecule has 3 aromatic rings. The van der Waals surface area contributed by atoms with Crippen molar-refractivity contribution < 1.29 is 35.5 Å². The van der Waals surface area contributed by atoms with Gasteiger partial charge in [-0.3, -0.25) is 0 Å². The summed E-state index contributed by atoms with van der Waals surface area (Å²) in [7, 11) is -4.74. The van der Waals surface area contributed by atoms with Gasteiger partial charge in [0.1, 0.15) is 17.5 Å². The third kappa shape index (κ3) is 5.07. The summed E-state index contributed by atoms with van der Waals surface area (Å²) in [6.07, 6.45) is -3.56. The van der Waals surface area contributed by atoms with Crippen molar-refractivity contribution in [3.63, 3.8) is 0 Å². The minimum atomic E-state index is -5.00. The van der Waals surface area contributed by atoms with Crippen LogP contribution in [0.1, 0.15) is 32.4 Å². The van der Waals surface area contributed by atoms with Gasteiger partial charge in [-0.05, 0) is 50.6 Å². The van der Waals surface area contributed by atoms with Gasteiger partial charge in [0.15, 0.2) is 5.65 Å². The molecule has 0 fully saturated rings. The number of nitrogens with one attached hydrogen (secondary N) is 1. The van der Waals surface area contributed by atoms with E-state index < -0.39 is 50.2 Å². The fourth-order valence-corrected chi connectivity index (χ4v) is 4.30. The van der Waals surface area contributed by atoms with E-state index in [0.717, 1.165) is 41.1 Å². The van der Waals surface area contributed by atoms with Gasteiger partial charge in [-0.2, -0.15) is 17.9 Å². The summed E-state index contributed by atoms with van der Waals surface area (Å²) in [5.41, 5.74) is -1.43. The van der Waals surface area contributed by atoms with E-state index in [1.165, 1.54) is 12.3 Å². The molecule has 172 valence electrons. The molecule has 0 saturated carbocycles. The predicted molar refractivity (Wildman–Crippen MR) is 107 cm³/mol. The monoisotopic (exact) mass is 473 g/mol. The molecule has 0 aliphatic heterocycles. The van der Waals surface area contributed by atoms with Crippen LogP contribution in [0.15, 0.2) is 53.7 Å². The van der Waals surface area contributed by atoms with Crippen molar-refractivity contribution in [2.45, 2.75) is 43.5 Å². The first-order chi connectivity index (χ1) is 14.7. The van der Waals surface area contributed by atoms with Crippen molar-refractivity contribution in [2.75, 3.05) is 0 Å². The number of carbonyl (C=O) groups is 1. The van der Waals surface area contributed by atoms with Crippen molar-refractivity contribution in [2.24, 2.45) is 0 Å². The van der Waals surface area contributed by atoms with Gasteiger partial charge >= 0.3 is 12.3 Å². The molecule has 0 saturated heterocycles. The Bertz CT molecular complexity index is 1250. The molecule has 0 aliphatic carbocycles. The third-order valence-electron chi connectivity index (χ3n) is 4.23. The molecule has 32 heavy (non-hydrogen) atoms. The van der Waals surface area contributed by atoms with Gasteiger partial charge in [-0.15, -0.1) is 0 Å². The van der Waals surface area contributed by atoms with Crippen LogP contribution in [0.5, 0.6) is 0 Å². The highest BCUT2D eigenvalue weighted by Gasteiger charge is 2.43. The van der Waals surface area contributed by atoms with Crippen LogP contribution in [0, 0.1) is 5.82 Å². The highest BCUT2D eigenvalue weighted by atomic mass is 32.2. The molecule has 7 nitrogen and oxygen atoms in total. The lowest BCUT2D eigenvalue weighted by molar-refractivity contribution is -0.153. The summed E-state index contributed by atoms with van der Waals surface area (Å²) in [6.45, 7) is 4.91. The quantitative estimate of drug-likeness (QED) is 0.562. The van der Waals surface area contributed by atoms with Crippen molar-refractivity contribution in [1.82, 2.24) is 14.3 Å². The SMILES string of the molecule is CC(C)(C)OC(=O)n1ccc2c(S(=O)(=O)N[C@H](c3ccc(F)cc3)C(F)(F)F)ccnc21. The highest BCUT2D eigenvalue weighted by Crippen LogP contribution is 2.35. The number of fused-ring (bicyclic) bond motifs is 1. The van der Waals surface area contributed by atoms with Gasteiger partial charge in [-0.1, -0.05) is 12.1 Å². The van der Waals surface area contributed by atoms with Gasteiger partial charge in [0.2, 0.25) is 10.0 Å². The molecule has 3 rings (SSSR count). The van der Waals surface area contributed by atoms with Crippen LogP contribution in [0.25, 0.3) is 11.0 Å². The molecule has 1 atom stereocenters. The molecule has 12 heteroatoms. The lowest BCUT2D eigenvalue weighted by Gasteiger charge is -2.22. The molecule has 2 heterocycles. The Labute approximate surface area is 181 Å². The first-order valence-corrected chi connectivity index (χ1v) is 10.7. The van der Waals surface area contributed by atoms with E-state index in [-0.39, 0.29) is 11.0 Å². The topological polar surface area (TPSA) is 90.3 Å². The zero-order chi connectivity index (χ0) is 23.9. The first-order valence-electron chi connectivity index (χ1n) is 9.23. The lowest BCUT2D eigenvalue weighted by Crippen LogP contribution is -2.38. The average molecular weight is 473 g/mol. The second-order valence-electron chi connectivity index (χ2n) is 7.86. The average Bonchev–Trinajstić information content (AvgIpc) is 3.09. The predicted octanol–water partition coefficient (Wildman–Crippen LogP) is 4.54. The molecule has 0 bridgehead atoms. The number of rotatable bonds is 4. The van der Waals surface area contributed by atoms with Gasteiger partial charge < -0.3 is 4.74 Å². The number of halogens is 4. The van der Waals surface area contributed by atoms with E-state index in [2.05, 4.69) is 4.98 Å². The van der Waals surface area contributed by atoms with Crippen molar-refractivity contribution >= 4 is 27.1 Å². The lowest BCUT2D eigenvalue weighted by atomic mass is 10.1. The number of hydrogen-bond donors (Lipinski definition) is 1. The number of nitrogens with zero attached hydrogens (tertiary/aromatic N) is 2. The standard InChI is InChI=1S/C20H19F4N3O4S/c1-19(2,3)31-18(28)27-11-9-14-15(8-10-25-17(14)27)32(29,30)26-16(20(22,23)24)12-4-6-13(21)7-5-12/h4-11,16,26H,1-3H3/t16-/m1/s1. The normalized spacial score (nSPS) is 13.8. The minimum absolute atomic E-state index is 0.0779. The number of ether oxygens (including phenoxy) is 1. The Morgan fingerprint density at radius 1 is 1.09 bits per heavy atom. The molecule has 0 unspecified atom stereocenters. The van der Waals surface area contributed by atoms with Crippen LogP contribution < -0.4 is 4.72 Å². The van der Waals surface area contributed by atoms with E-state index in [4.69, 9.17) is 4.74 Å². The molecule has 1 aromatic carbocycles. The highest BCUT2D eigenvalue weighted by molar-refractivity contribution is 7.89. The van der Waals surface area contributed by atoms with Crippen LogP contribution in [0.4, 0.5) is 22.4 Å². The summed E-state index contributed by atoms with van der Waals surface area (Å²) >= 11 is 0. The molecule has 1 N–H and O–H groups in total. The van der Waals surface area contributed by atoms with Crippen LogP contribution in [0.2, 0.25) is 0 Å². The maximum atomic E-state index is 13.6. The molecular weight excluding hydrogens is 454 g/mol. The number of pyridine rings is 1. The van der Waals surface area contributed by atoms with Crippen molar-refractivity contribution in [3.05, 3.63) is 60.2 Å². The third-order valence-corrected chi connectivity index (χ3v) is 5.71. The molecular formula is C20H19F4N3O4S.